The van der Waals surface area contributed by atoms with Crippen molar-refractivity contribution in [2.45, 2.75) is 65.7 Å². The van der Waals surface area contributed by atoms with Crippen molar-refractivity contribution in [1.29, 1.82) is 0 Å². The molecule has 2 amide bonds. The zero-order valence-corrected chi connectivity index (χ0v) is 16.5. The SMILES string of the molecule is CCC(C)(C)[C@@H]1CCc2c(sc(NC(=O)CCCC(=O)O)c2C(N)=O)C1. The fourth-order valence-electron chi connectivity index (χ4n) is 3.48. The lowest BCUT2D eigenvalue weighted by molar-refractivity contribution is -0.137. The van der Waals surface area contributed by atoms with Crippen molar-refractivity contribution in [3.63, 3.8) is 0 Å². The summed E-state index contributed by atoms with van der Waals surface area (Å²) in [5, 5.41) is 12.0. The Bertz CT molecular complexity index is 709. The van der Waals surface area contributed by atoms with E-state index in [1.54, 1.807) is 0 Å². The van der Waals surface area contributed by atoms with Crippen LogP contribution in [0.2, 0.25) is 0 Å². The summed E-state index contributed by atoms with van der Waals surface area (Å²) in [6.07, 6.45) is 4.13. The first-order valence-corrected chi connectivity index (χ1v) is 9.93. The largest absolute Gasteiger partial charge is 0.481 e. The molecule has 1 aromatic rings. The molecule has 0 aliphatic heterocycles. The minimum Gasteiger partial charge on any atom is -0.481 e. The maximum atomic E-state index is 12.1. The maximum Gasteiger partial charge on any atom is 0.303 e. The van der Waals surface area contributed by atoms with E-state index in [4.69, 9.17) is 10.8 Å². The number of hydrogen-bond donors (Lipinski definition) is 3. The molecule has 0 spiro atoms. The Morgan fingerprint density at radius 2 is 2.00 bits per heavy atom. The van der Waals surface area contributed by atoms with Crippen molar-refractivity contribution >= 4 is 34.1 Å². The molecule has 0 unspecified atom stereocenters. The zero-order chi connectivity index (χ0) is 19.5. The van der Waals surface area contributed by atoms with Gasteiger partial charge in [-0.2, -0.15) is 0 Å². The third kappa shape index (κ3) is 4.63. The Hall–Kier alpha value is -1.89. The smallest absolute Gasteiger partial charge is 0.303 e. The number of primary amides is 1. The average Bonchev–Trinajstić information content (AvgIpc) is 2.91. The number of aliphatic carboxylic acids is 1. The highest BCUT2D eigenvalue weighted by molar-refractivity contribution is 7.17. The predicted octanol–water partition coefficient (Wildman–Crippen LogP) is 3.58. The number of anilines is 1. The van der Waals surface area contributed by atoms with E-state index in [1.165, 1.54) is 11.3 Å². The summed E-state index contributed by atoms with van der Waals surface area (Å²) in [5.41, 5.74) is 7.23. The molecule has 6 nitrogen and oxygen atoms in total. The summed E-state index contributed by atoms with van der Waals surface area (Å²) < 4.78 is 0. The Morgan fingerprint density at radius 1 is 1.31 bits per heavy atom. The quantitative estimate of drug-likeness (QED) is 0.640. The normalized spacial score (nSPS) is 16.8. The van der Waals surface area contributed by atoms with Gasteiger partial charge in [0.25, 0.3) is 5.91 Å². The first-order valence-electron chi connectivity index (χ1n) is 9.11. The van der Waals surface area contributed by atoms with Crippen molar-refractivity contribution in [3.05, 3.63) is 16.0 Å². The number of fused-ring (bicyclic) bond motifs is 1. The van der Waals surface area contributed by atoms with Crippen LogP contribution < -0.4 is 11.1 Å². The molecule has 1 aliphatic rings. The predicted molar refractivity (Wildman–Crippen MR) is 103 cm³/mol. The van der Waals surface area contributed by atoms with Gasteiger partial charge in [0.05, 0.1) is 5.56 Å². The van der Waals surface area contributed by atoms with Crippen LogP contribution in [0.3, 0.4) is 0 Å². The van der Waals surface area contributed by atoms with Crippen LogP contribution in [0.1, 0.15) is 73.7 Å². The van der Waals surface area contributed by atoms with Crippen LogP contribution in [-0.4, -0.2) is 22.9 Å². The lowest BCUT2D eigenvalue weighted by Gasteiger charge is -2.36. The average molecular weight is 381 g/mol. The molecule has 144 valence electrons. The molecule has 0 aromatic carbocycles. The van der Waals surface area contributed by atoms with Gasteiger partial charge in [-0.15, -0.1) is 11.3 Å². The number of nitrogens with one attached hydrogen (secondary N) is 1. The van der Waals surface area contributed by atoms with Crippen molar-refractivity contribution in [2.75, 3.05) is 5.32 Å². The summed E-state index contributed by atoms with van der Waals surface area (Å²) in [6, 6.07) is 0. The zero-order valence-electron chi connectivity index (χ0n) is 15.7. The fraction of sp³-hybridized carbons (Fsp3) is 0.632. The molecule has 26 heavy (non-hydrogen) atoms. The van der Waals surface area contributed by atoms with Gasteiger partial charge in [0, 0.05) is 17.7 Å². The van der Waals surface area contributed by atoms with Gasteiger partial charge in [-0.25, -0.2) is 0 Å². The summed E-state index contributed by atoms with van der Waals surface area (Å²) in [6.45, 7) is 6.74. The Morgan fingerprint density at radius 3 is 2.58 bits per heavy atom. The van der Waals surface area contributed by atoms with E-state index in [0.29, 0.717) is 16.5 Å². The Kier molecular flexibility index (Phi) is 6.44. The molecule has 1 aliphatic carbocycles. The van der Waals surface area contributed by atoms with Crippen LogP contribution in [0.5, 0.6) is 0 Å². The van der Waals surface area contributed by atoms with E-state index >= 15 is 0 Å². The molecule has 0 bridgehead atoms. The van der Waals surface area contributed by atoms with Crippen LogP contribution in [0, 0.1) is 11.3 Å². The lowest BCUT2D eigenvalue weighted by atomic mass is 9.69. The first kappa shape index (κ1) is 20.4. The molecule has 0 saturated heterocycles. The van der Waals surface area contributed by atoms with Gasteiger partial charge < -0.3 is 16.2 Å². The molecule has 7 heteroatoms. The molecule has 0 saturated carbocycles. The van der Waals surface area contributed by atoms with Gasteiger partial charge in [-0.05, 0) is 42.6 Å². The number of thiophene rings is 1. The molecular formula is C19H28N2O4S. The summed E-state index contributed by atoms with van der Waals surface area (Å²) in [5.74, 6) is -1.18. The number of rotatable bonds is 8. The topological polar surface area (TPSA) is 109 Å². The van der Waals surface area contributed by atoms with Crippen molar-refractivity contribution in [2.24, 2.45) is 17.1 Å². The molecule has 1 heterocycles. The van der Waals surface area contributed by atoms with Crippen molar-refractivity contribution in [3.8, 4) is 0 Å². The van der Waals surface area contributed by atoms with E-state index in [0.717, 1.165) is 36.1 Å². The van der Waals surface area contributed by atoms with E-state index in [2.05, 4.69) is 26.1 Å². The summed E-state index contributed by atoms with van der Waals surface area (Å²) in [4.78, 5) is 35.8. The minimum absolute atomic E-state index is 0.0508. The van der Waals surface area contributed by atoms with Crippen molar-refractivity contribution in [1.82, 2.24) is 0 Å². The van der Waals surface area contributed by atoms with E-state index in [1.807, 2.05) is 0 Å². The Balaban J connectivity index is 2.18. The standard InChI is InChI=1S/C19H28N2O4S/c1-4-19(2,3)11-8-9-12-13(10-11)26-18(16(12)17(20)25)21-14(22)6-5-7-15(23)24/h11H,4-10H2,1-3H3,(H2,20,25)(H,21,22)(H,23,24)/t11-/m1/s1. The first-order chi connectivity index (χ1) is 12.2. The van der Waals surface area contributed by atoms with Crippen LogP contribution in [0.4, 0.5) is 5.00 Å². The highest BCUT2D eigenvalue weighted by Crippen LogP contribution is 2.45. The second-order valence-corrected chi connectivity index (χ2v) is 8.75. The second kappa shape index (κ2) is 8.20. The fourth-order valence-corrected chi connectivity index (χ4v) is 4.83. The van der Waals surface area contributed by atoms with Crippen LogP contribution >= 0.6 is 11.3 Å². The highest BCUT2D eigenvalue weighted by Gasteiger charge is 2.34. The van der Waals surface area contributed by atoms with Gasteiger partial charge in [0.15, 0.2) is 0 Å². The van der Waals surface area contributed by atoms with Crippen LogP contribution in [0.15, 0.2) is 0 Å². The van der Waals surface area contributed by atoms with Gasteiger partial charge >= 0.3 is 5.97 Å². The summed E-state index contributed by atoms with van der Waals surface area (Å²) in [7, 11) is 0. The Labute approximate surface area is 158 Å². The third-order valence-electron chi connectivity index (χ3n) is 5.58. The number of carboxylic acid groups (broad SMARTS) is 1. The number of amides is 2. The molecule has 0 fully saturated rings. The number of carbonyl (C=O) groups excluding carboxylic acids is 2. The molecule has 2 rings (SSSR count). The highest BCUT2D eigenvalue weighted by atomic mass is 32.1. The van der Waals surface area contributed by atoms with Crippen LogP contribution in [0.25, 0.3) is 0 Å². The van der Waals surface area contributed by atoms with Gasteiger partial charge in [0.1, 0.15) is 5.00 Å². The van der Waals surface area contributed by atoms with Crippen LogP contribution in [-0.2, 0) is 22.4 Å². The number of nitrogens with two attached hydrogens (primary N) is 1. The third-order valence-corrected chi connectivity index (χ3v) is 6.75. The maximum absolute atomic E-state index is 12.1. The van der Waals surface area contributed by atoms with Gasteiger partial charge in [-0.3, -0.25) is 14.4 Å². The number of hydrogen-bond acceptors (Lipinski definition) is 4. The number of carboxylic acids is 1. The minimum atomic E-state index is -0.924. The molecule has 1 aromatic heterocycles. The second-order valence-electron chi connectivity index (χ2n) is 7.65. The molecule has 4 N–H and O–H groups in total. The monoisotopic (exact) mass is 380 g/mol. The van der Waals surface area contributed by atoms with Crippen molar-refractivity contribution < 1.29 is 19.5 Å². The van der Waals surface area contributed by atoms with Gasteiger partial charge in [-0.1, -0.05) is 27.2 Å². The van der Waals surface area contributed by atoms with Gasteiger partial charge in [0.2, 0.25) is 5.91 Å². The summed E-state index contributed by atoms with van der Waals surface area (Å²) >= 11 is 1.44. The number of carbonyl (C=O) groups is 3. The lowest BCUT2D eigenvalue weighted by Crippen LogP contribution is -2.29. The van der Waals surface area contributed by atoms with E-state index < -0.39 is 11.9 Å². The van der Waals surface area contributed by atoms with E-state index in [9.17, 15) is 14.4 Å². The molecular weight excluding hydrogens is 352 g/mol. The molecule has 0 radical (unpaired) electrons. The van der Waals surface area contributed by atoms with E-state index in [-0.39, 0.29) is 30.6 Å². The molecule has 1 atom stereocenters.